The van der Waals surface area contributed by atoms with Gasteiger partial charge in [0.05, 0.1) is 0 Å². The Bertz CT molecular complexity index is 1100. The van der Waals surface area contributed by atoms with Gasteiger partial charge in [0.2, 0.25) is 11.8 Å². The molecule has 0 fully saturated rings. The minimum Gasteiger partial charge on any atom is -0.347 e. The zero-order valence-electron chi connectivity index (χ0n) is 18.8. The van der Waals surface area contributed by atoms with Crippen molar-refractivity contribution in [2.75, 3.05) is 10.6 Å². The number of carbonyl (C=O) groups is 4. The molecule has 3 aromatic rings. The summed E-state index contributed by atoms with van der Waals surface area (Å²) in [5.74, 6) is -1.13. The Balaban J connectivity index is 1.53. The van der Waals surface area contributed by atoms with Crippen LogP contribution in [0.5, 0.6) is 0 Å². The molecule has 1 aromatic heterocycles. The fourth-order valence-electron chi connectivity index (χ4n) is 3.05. The standard InChI is InChI=1S/C25H25N5O4/c1-16(31)28-20-10-6-18(7-11-20)14-26-24(33)22-4-3-5-23(30-22)25(34)27-15-19-8-12-21(13-9-19)29-17(2)32/h3-13H,14-15H2,1-2H3,(H,26,33)(H,27,34)(H,28,31)(H,29,32). The van der Waals surface area contributed by atoms with Gasteiger partial charge < -0.3 is 21.3 Å². The number of nitrogens with one attached hydrogen (secondary N) is 4. The van der Waals surface area contributed by atoms with Crippen LogP contribution in [-0.2, 0) is 22.7 Å². The molecule has 0 unspecified atom stereocenters. The van der Waals surface area contributed by atoms with E-state index in [1.54, 1.807) is 54.6 Å². The molecular weight excluding hydrogens is 434 g/mol. The highest BCUT2D eigenvalue weighted by Crippen LogP contribution is 2.11. The van der Waals surface area contributed by atoms with E-state index in [0.717, 1.165) is 11.1 Å². The van der Waals surface area contributed by atoms with E-state index in [1.807, 2.05) is 0 Å². The third-order valence-corrected chi connectivity index (χ3v) is 4.67. The van der Waals surface area contributed by atoms with E-state index in [2.05, 4.69) is 26.3 Å². The minimum absolute atomic E-state index is 0.127. The Hall–Kier alpha value is -4.53. The van der Waals surface area contributed by atoms with E-state index < -0.39 is 11.8 Å². The van der Waals surface area contributed by atoms with Gasteiger partial charge in [-0.3, -0.25) is 19.2 Å². The summed E-state index contributed by atoms with van der Waals surface area (Å²) in [5, 5.41) is 10.9. The van der Waals surface area contributed by atoms with Crippen LogP contribution in [0.2, 0.25) is 0 Å². The monoisotopic (exact) mass is 459 g/mol. The third kappa shape index (κ3) is 7.27. The molecule has 3 rings (SSSR count). The largest absolute Gasteiger partial charge is 0.347 e. The van der Waals surface area contributed by atoms with Gasteiger partial charge in [-0.1, -0.05) is 30.3 Å². The Labute approximate surface area is 197 Å². The first kappa shape index (κ1) is 24.1. The SMILES string of the molecule is CC(=O)Nc1ccc(CNC(=O)c2cccc(C(=O)NCc3ccc(NC(C)=O)cc3)n2)cc1. The molecule has 0 aliphatic carbocycles. The zero-order chi connectivity index (χ0) is 24.5. The summed E-state index contributed by atoms with van der Waals surface area (Å²) in [6, 6.07) is 18.9. The minimum atomic E-state index is -0.408. The number of anilines is 2. The molecule has 174 valence electrons. The van der Waals surface area contributed by atoms with Gasteiger partial charge >= 0.3 is 0 Å². The predicted molar refractivity (Wildman–Crippen MR) is 128 cm³/mol. The summed E-state index contributed by atoms with van der Waals surface area (Å²) in [7, 11) is 0. The summed E-state index contributed by atoms with van der Waals surface area (Å²) in [4.78, 5) is 51.3. The molecule has 0 bridgehead atoms. The van der Waals surface area contributed by atoms with Crippen LogP contribution in [0, 0.1) is 0 Å². The van der Waals surface area contributed by atoms with E-state index >= 15 is 0 Å². The Morgan fingerprint density at radius 3 is 1.35 bits per heavy atom. The van der Waals surface area contributed by atoms with Crippen molar-refractivity contribution < 1.29 is 19.2 Å². The number of amides is 4. The van der Waals surface area contributed by atoms with E-state index in [4.69, 9.17) is 0 Å². The zero-order valence-corrected chi connectivity index (χ0v) is 18.8. The summed E-state index contributed by atoms with van der Waals surface area (Å²) >= 11 is 0. The number of rotatable bonds is 8. The molecule has 0 radical (unpaired) electrons. The number of aromatic nitrogens is 1. The fraction of sp³-hybridized carbons (Fsp3) is 0.160. The molecule has 0 spiro atoms. The Kier molecular flexibility index (Phi) is 8.07. The summed E-state index contributed by atoms with van der Waals surface area (Å²) in [6.07, 6.45) is 0. The van der Waals surface area contributed by atoms with Gasteiger partial charge in [-0.2, -0.15) is 0 Å². The molecule has 9 nitrogen and oxygen atoms in total. The topological polar surface area (TPSA) is 129 Å². The number of pyridine rings is 1. The first-order valence-corrected chi connectivity index (χ1v) is 10.6. The quantitative estimate of drug-likeness (QED) is 0.412. The molecule has 0 aliphatic rings. The molecule has 0 atom stereocenters. The molecular formula is C25H25N5O4. The second kappa shape index (κ2) is 11.4. The van der Waals surface area contributed by atoms with E-state index in [0.29, 0.717) is 11.4 Å². The summed E-state index contributed by atoms with van der Waals surface area (Å²) in [5.41, 5.74) is 3.30. The van der Waals surface area contributed by atoms with Crippen molar-refractivity contribution in [2.24, 2.45) is 0 Å². The highest BCUT2D eigenvalue weighted by atomic mass is 16.2. The number of nitrogens with zero attached hydrogens (tertiary/aromatic N) is 1. The van der Waals surface area contributed by atoms with Gasteiger partial charge in [0.25, 0.3) is 11.8 Å². The van der Waals surface area contributed by atoms with Crippen LogP contribution < -0.4 is 21.3 Å². The second-order valence-corrected chi connectivity index (χ2v) is 7.53. The van der Waals surface area contributed by atoms with E-state index in [9.17, 15) is 19.2 Å². The molecule has 9 heteroatoms. The lowest BCUT2D eigenvalue weighted by Gasteiger charge is -2.09. The maximum Gasteiger partial charge on any atom is 0.270 e. The summed E-state index contributed by atoms with van der Waals surface area (Å²) in [6.45, 7) is 3.40. The highest BCUT2D eigenvalue weighted by molar-refractivity contribution is 5.96. The lowest BCUT2D eigenvalue weighted by molar-refractivity contribution is -0.115. The first-order chi connectivity index (χ1) is 16.3. The van der Waals surface area contributed by atoms with Crippen LogP contribution in [-0.4, -0.2) is 28.6 Å². The smallest absolute Gasteiger partial charge is 0.270 e. The number of benzene rings is 2. The fourth-order valence-corrected chi connectivity index (χ4v) is 3.05. The average Bonchev–Trinajstić information content (AvgIpc) is 2.82. The van der Waals surface area contributed by atoms with Crippen LogP contribution in [0.1, 0.15) is 46.0 Å². The van der Waals surface area contributed by atoms with Gasteiger partial charge in [0.15, 0.2) is 0 Å². The molecule has 0 saturated carbocycles. The number of hydrogen-bond donors (Lipinski definition) is 4. The van der Waals surface area contributed by atoms with Crippen LogP contribution in [0.25, 0.3) is 0 Å². The van der Waals surface area contributed by atoms with Gasteiger partial charge in [-0.05, 0) is 47.5 Å². The number of carbonyl (C=O) groups excluding carboxylic acids is 4. The number of hydrogen-bond acceptors (Lipinski definition) is 5. The van der Waals surface area contributed by atoms with Crippen molar-refractivity contribution in [3.05, 3.63) is 89.2 Å². The van der Waals surface area contributed by atoms with Crippen LogP contribution in [0.3, 0.4) is 0 Å². The maximum atomic E-state index is 12.5. The van der Waals surface area contributed by atoms with Crippen molar-refractivity contribution in [1.82, 2.24) is 15.6 Å². The Morgan fingerprint density at radius 1 is 0.618 bits per heavy atom. The van der Waals surface area contributed by atoms with Crippen molar-refractivity contribution in [3.8, 4) is 0 Å². The molecule has 0 aliphatic heterocycles. The van der Waals surface area contributed by atoms with E-state index in [-0.39, 0.29) is 36.3 Å². The first-order valence-electron chi connectivity index (χ1n) is 10.6. The predicted octanol–water partition coefficient (Wildman–Crippen LogP) is 2.86. The lowest BCUT2D eigenvalue weighted by atomic mass is 10.2. The van der Waals surface area contributed by atoms with Crippen molar-refractivity contribution >= 4 is 35.0 Å². The Morgan fingerprint density at radius 2 is 1.00 bits per heavy atom. The van der Waals surface area contributed by atoms with Gasteiger partial charge in [-0.15, -0.1) is 0 Å². The second-order valence-electron chi connectivity index (χ2n) is 7.53. The molecule has 4 N–H and O–H groups in total. The average molecular weight is 460 g/mol. The van der Waals surface area contributed by atoms with Crippen molar-refractivity contribution in [3.63, 3.8) is 0 Å². The third-order valence-electron chi connectivity index (χ3n) is 4.67. The summed E-state index contributed by atoms with van der Waals surface area (Å²) < 4.78 is 0. The van der Waals surface area contributed by atoms with Crippen LogP contribution in [0.15, 0.2) is 66.7 Å². The molecule has 1 heterocycles. The van der Waals surface area contributed by atoms with Crippen molar-refractivity contribution in [2.45, 2.75) is 26.9 Å². The maximum absolute atomic E-state index is 12.5. The molecule has 0 saturated heterocycles. The van der Waals surface area contributed by atoms with E-state index in [1.165, 1.54) is 26.0 Å². The van der Waals surface area contributed by atoms with Crippen molar-refractivity contribution in [1.29, 1.82) is 0 Å². The van der Waals surface area contributed by atoms with Gasteiger partial charge in [0, 0.05) is 38.3 Å². The molecule has 2 aromatic carbocycles. The van der Waals surface area contributed by atoms with Gasteiger partial charge in [0.1, 0.15) is 11.4 Å². The van der Waals surface area contributed by atoms with Crippen LogP contribution in [0.4, 0.5) is 11.4 Å². The lowest BCUT2D eigenvalue weighted by Crippen LogP contribution is -2.27. The van der Waals surface area contributed by atoms with Crippen LogP contribution >= 0.6 is 0 Å². The molecule has 4 amide bonds. The molecule has 34 heavy (non-hydrogen) atoms. The highest BCUT2D eigenvalue weighted by Gasteiger charge is 2.12. The van der Waals surface area contributed by atoms with Gasteiger partial charge in [-0.25, -0.2) is 4.98 Å². The normalized spacial score (nSPS) is 10.2.